The van der Waals surface area contributed by atoms with Gasteiger partial charge in [0.25, 0.3) is 0 Å². The predicted octanol–water partition coefficient (Wildman–Crippen LogP) is 5.64. The van der Waals surface area contributed by atoms with Crippen LogP contribution >= 0.6 is 0 Å². The first-order chi connectivity index (χ1) is 14.8. The SMILES string of the molecule is CCC(Cc1ccc(OCc2ccccc2)cc1)CN1CCCC1C(=O)OC(C)(C)C. The largest absolute Gasteiger partial charge is 0.489 e. The standard InChI is InChI=1S/C27H37NO3/c1-5-21(19-28-17-9-12-25(28)26(29)31-27(2,3)4)18-22-13-15-24(16-14-22)30-20-23-10-7-6-8-11-23/h6-8,10-11,13-16,21,25H,5,9,12,17-20H2,1-4H3. The van der Waals surface area contributed by atoms with Crippen LogP contribution in [0.4, 0.5) is 0 Å². The summed E-state index contributed by atoms with van der Waals surface area (Å²) in [5.74, 6) is 1.34. The van der Waals surface area contributed by atoms with E-state index in [1.54, 1.807) is 0 Å². The molecular formula is C27H37NO3. The molecule has 168 valence electrons. The molecule has 1 fully saturated rings. The van der Waals surface area contributed by atoms with Crippen LogP contribution in [0, 0.1) is 5.92 Å². The molecule has 0 N–H and O–H groups in total. The van der Waals surface area contributed by atoms with Gasteiger partial charge in [-0.2, -0.15) is 0 Å². The zero-order valence-corrected chi connectivity index (χ0v) is 19.5. The molecule has 4 heteroatoms. The van der Waals surface area contributed by atoms with Crippen LogP contribution in [-0.2, 0) is 22.6 Å². The van der Waals surface area contributed by atoms with Crippen molar-refractivity contribution >= 4 is 5.97 Å². The maximum atomic E-state index is 12.6. The van der Waals surface area contributed by atoms with Gasteiger partial charge in [-0.05, 0) is 75.8 Å². The summed E-state index contributed by atoms with van der Waals surface area (Å²) < 4.78 is 11.6. The van der Waals surface area contributed by atoms with Gasteiger partial charge >= 0.3 is 5.97 Å². The van der Waals surface area contributed by atoms with Crippen LogP contribution in [0.2, 0.25) is 0 Å². The Morgan fingerprint density at radius 3 is 2.42 bits per heavy atom. The molecule has 2 unspecified atom stereocenters. The second-order valence-electron chi connectivity index (χ2n) is 9.58. The van der Waals surface area contributed by atoms with Crippen LogP contribution in [0.3, 0.4) is 0 Å². The topological polar surface area (TPSA) is 38.8 Å². The molecule has 0 amide bonds. The molecule has 1 heterocycles. The number of likely N-dealkylation sites (tertiary alicyclic amines) is 1. The Balaban J connectivity index is 1.52. The fourth-order valence-corrected chi connectivity index (χ4v) is 4.15. The molecule has 0 bridgehead atoms. The molecule has 0 spiro atoms. The summed E-state index contributed by atoms with van der Waals surface area (Å²) in [4.78, 5) is 15.0. The van der Waals surface area contributed by atoms with Crippen LogP contribution in [0.15, 0.2) is 54.6 Å². The predicted molar refractivity (Wildman–Crippen MR) is 125 cm³/mol. The van der Waals surface area contributed by atoms with Crippen LogP contribution in [0.1, 0.15) is 58.1 Å². The van der Waals surface area contributed by atoms with E-state index in [9.17, 15) is 4.79 Å². The zero-order valence-electron chi connectivity index (χ0n) is 19.5. The number of carbonyl (C=O) groups is 1. The van der Waals surface area contributed by atoms with Crippen molar-refractivity contribution in [1.82, 2.24) is 4.90 Å². The molecule has 0 saturated carbocycles. The number of ether oxygens (including phenoxy) is 2. The Morgan fingerprint density at radius 1 is 1.06 bits per heavy atom. The van der Waals surface area contributed by atoms with Crippen molar-refractivity contribution in [3.05, 3.63) is 65.7 Å². The number of benzene rings is 2. The molecule has 2 atom stereocenters. The first kappa shape index (κ1) is 23.3. The van der Waals surface area contributed by atoms with Gasteiger partial charge in [-0.15, -0.1) is 0 Å². The summed E-state index contributed by atoms with van der Waals surface area (Å²) in [6.07, 6.45) is 4.06. The average Bonchev–Trinajstić information content (AvgIpc) is 3.20. The van der Waals surface area contributed by atoms with E-state index < -0.39 is 5.60 Å². The Hall–Kier alpha value is -2.33. The van der Waals surface area contributed by atoms with Gasteiger partial charge in [-0.25, -0.2) is 0 Å². The van der Waals surface area contributed by atoms with E-state index in [0.29, 0.717) is 12.5 Å². The molecular weight excluding hydrogens is 386 g/mol. The summed E-state index contributed by atoms with van der Waals surface area (Å²) >= 11 is 0. The minimum Gasteiger partial charge on any atom is -0.489 e. The highest BCUT2D eigenvalue weighted by Gasteiger charge is 2.34. The van der Waals surface area contributed by atoms with Crippen LogP contribution in [0.5, 0.6) is 5.75 Å². The van der Waals surface area contributed by atoms with Crippen LogP contribution < -0.4 is 4.74 Å². The average molecular weight is 424 g/mol. The van der Waals surface area contributed by atoms with E-state index >= 15 is 0 Å². The lowest BCUT2D eigenvalue weighted by Gasteiger charge is -2.30. The van der Waals surface area contributed by atoms with Gasteiger partial charge in [-0.1, -0.05) is 55.8 Å². The first-order valence-electron chi connectivity index (χ1n) is 11.6. The fourth-order valence-electron chi connectivity index (χ4n) is 4.15. The minimum absolute atomic E-state index is 0.0697. The monoisotopic (exact) mass is 423 g/mol. The number of carbonyl (C=O) groups excluding carboxylic acids is 1. The molecule has 4 nitrogen and oxygen atoms in total. The zero-order chi connectivity index (χ0) is 22.3. The number of rotatable bonds is 9. The Labute approximate surface area is 187 Å². The number of hydrogen-bond acceptors (Lipinski definition) is 4. The van der Waals surface area contributed by atoms with Gasteiger partial charge in [0.1, 0.15) is 24.0 Å². The third-order valence-electron chi connectivity index (χ3n) is 5.81. The first-order valence-corrected chi connectivity index (χ1v) is 11.6. The number of hydrogen-bond donors (Lipinski definition) is 0. The summed E-state index contributed by atoms with van der Waals surface area (Å²) in [6.45, 7) is 10.5. The molecule has 1 aliphatic rings. The number of nitrogens with zero attached hydrogens (tertiary/aromatic N) is 1. The van der Waals surface area contributed by atoms with Crippen molar-refractivity contribution in [2.75, 3.05) is 13.1 Å². The fraction of sp³-hybridized carbons (Fsp3) is 0.519. The van der Waals surface area contributed by atoms with Crippen molar-refractivity contribution in [3.8, 4) is 5.75 Å². The maximum Gasteiger partial charge on any atom is 0.323 e. The molecule has 1 aliphatic heterocycles. The summed E-state index contributed by atoms with van der Waals surface area (Å²) in [7, 11) is 0. The summed E-state index contributed by atoms with van der Waals surface area (Å²) in [5, 5.41) is 0. The lowest BCUT2D eigenvalue weighted by atomic mass is 9.96. The molecule has 0 aromatic heterocycles. The van der Waals surface area contributed by atoms with Crippen LogP contribution in [-0.4, -0.2) is 35.6 Å². The van der Waals surface area contributed by atoms with Gasteiger partial charge in [-0.3, -0.25) is 9.69 Å². The highest BCUT2D eigenvalue weighted by molar-refractivity contribution is 5.76. The number of esters is 1. The highest BCUT2D eigenvalue weighted by Crippen LogP contribution is 2.25. The smallest absolute Gasteiger partial charge is 0.323 e. The van der Waals surface area contributed by atoms with Crippen molar-refractivity contribution in [2.24, 2.45) is 5.92 Å². The normalized spacial score (nSPS) is 18.0. The Morgan fingerprint density at radius 2 is 1.77 bits per heavy atom. The lowest BCUT2D eigenvalue weighted by Crippen LogP contribution is -2.42. The molecule has 2 aromatic rings. The molecule has 2 aromatic carbocycles. The maximum absolute atomic E-state index is 12.6. The van der Waals surface area contributed by atoms with E-state index in [2.05, 4.69) is 48.2 Å². The van der Waals surface area contributed by atoms with E-state index in [1.165, 1.54) is 11.1 Å². The van der Waals surface area contributed by atoms with Gasteiger partial charge in [0.2, 0.25) is 0 Å². The van der Waals surface area contributed by atoms with Gasteiger partial charge in [0.15, 0.2) is 0 Å². The van der Waals surface area contributed by atoms with Crippen molar-refractivity contribution in [3.63, 3.8) is 0 Å². The third-order valence-corrected chi connectivity index (χ3v) is 5.81. The molecule has 0 aliphatic carbocycles. The molecule has 31 heavy (non-hydrogen) atoms. The van der Waals surface area contributed by atoms with E-state index in [-0.39, 0.29) is 12.0 Å². The minimum atomic E-state index is -0.431. The highest BCUT2D eigenvalue weighted by atomic mass is 16.6. The quantitative estimate of drug-likeness (QED) is 0.489. The summed E-state index contributed by atoms with van der Waals surface area (Å²) in [5.41, 5.74) is 2.05. The Bertz CT molecular complexity index is 811. The Kier molecular flexibility index (Phi) is 8.14. The van der Waals surface area contributed by atoms with Gasteiger partial charge < -0.3 is 9.47 Å². The molecule has 3 rings (SSSR count). The lowest BCUT2D eigenvalue weighted by molar-refractivity contribution is -0.160. The van der Waals surface area contributed by atoms with Crippen molar-refractivity contribution in [2.45, 2.75) is 71.6 Å². The van der Waals surface area contributed by atoms with E-state index in [4.69, 9.17) is 9.47 Å². The second-order valence-corrected chi connectivity index (χ2v) is 9.58. The molecule has 1 saturated heterocycles. The summed E-state index contributed by atoms with van der Waals surface area (Å²) in [6, 6.07) is 18.6. The van der Waals surface area contributed by atoms with Crippen molar-refractivity contribution in [1.29, 1.82) is 0 Å². The second kappa shape index (κ2) is 10.8. The van der Waals surface area contributed by atoms with Crippen molar-refractivity contribution < 1.29 is 14.3 Å². The third kappa shape index (κ3) is 7.39. The van der Waals surface area contributed by atoms with Gasteiger partial charge in [0, 0.05) is 6.54 Å². The van der Waals surface area contributed by atoms with E-state index in [0.717, 1.165) is 44.5 Å². The van der Waals surface area contributed by atoms with Gasteiger partial charge in [0.05, 0.1) is 0 Å². The van der Waals surface area contributed by atoms with E-state index in [1.807, 2.05) is 39.0 Å². The van der Waals surface area contributed by atoms with Crippen LogP contribution in [0.25, 0.3) is 0 Å². The molecule has 0 radical (unpaired) electrons.